The average Bonchev–Trinajstić information content (AvgIpc) is 3.21. The summed E-state index contributed by atoms with van der Waals surface area (Å²) < 4.78 is 27.8. The van der Waals surface area contributed by atoms with Crippen molar-refractivity contribution >= 4 is 43.2 Å². The summed E-state index contributed by atoms with van der Waals surface area (Å²) in [5, 5.41) is 3.44. The van der Waals surface area contributed by atoms with Gasteiger partial charge < -0.3 is 9.88 Å². The second-order valence-corrected chi connectivity index (χ2v) is 11.8. The summed E-state index contributed by atoms with van der Waals surface area (Å²) in [6.45, 7) is 6.01. The molecule has 182 valence electrons. The highest BCUT2D eigenvalue weighted by Crippen LogP contribution is 2.34. The number of piperazine rings is 1. The van der Waals surface area contributed by atoms with Crippen LogP contribution >= 0.6 is 11.3 Å². The molecular formula is C23H29N5O4S2. The molecule has 1 N–H and O–H groups in total. The number of aryl methyl sites for hydroxylation is 1. The molecular weight excluding hydrogens is 474 g/mol. The van der Waals surface area contributed by atoms with Crippen molar-refractivity contribution in [3.05, 3.63) is 45.8 Å². The van der Waals surface area contributed by atoms with Gasteiger partial charge >= 0.3 is 0 Å². The van der Waals surface area contributed by atoms with Crippen LogP contribution in [-0.4, -0.2) is 65.0 Å². The monoisotopic (exact) mass is 503 g/mol. The molecule has 11 heteroatoms. The van der Waals surface area contributed by atoms with Crippen molar-refractivity contribution in [2.45, 2.75) is 32.9 Å². The molecule has 0 saturated carbocycles. The Hall–Kier alpha value is -2.60. The maximum absolute atomic E-state index is 12.9. The molecule has 1 amide bonds. The number of sulfonamides is 1. The van der Waals surface area contributed by atoms with Crippen molar-refractivity contribution in [2.75, 3.05) is 31.2 Å². The number of amides is 1. The van der Waals surface area contributed by atoms with E-state index in [1.807, 2.05) is 31.3 Å². The van der Waals surface area contributed by atoms with Crippen LogP contribution in [0.5, 0.6) is 0 Å². The molecule has 9 nitrogen and oxygen atoms in total. The van der Waals surface area contributed by atoms with Crippen molar-refractivity contribution in [3.63, 3.8) is 0 Å². The fraction of sp³-hybridized carbons (Fsp3) is 0.435. The van der Waals surface area contributed by atoms with Crippen molar-refractivity contribution in [1.29, 1.82) is 0 Å². The summed E-state index contributed by atoms with van der Waals surface area (Å²) in [6, 6.07) is 5.70. The first-order chi connectivity index (χ1) is 16.1. The Bertz CT molecular complexity index is 1400. The lowest BCUT2D eigenvalue weighted by Gasteiger charge is -2.38. The lowest BCUT2D eigenvalue weighted by Crippen LogP contribution is -2.52. The van der Waals surface area contributed by atoms with Crippen LogP contribution in [-0.2, 0) is 28.4 Å². The van der Waals surface area contributed by atoms with E-state index in [9.17, 15) is 18.0 Å². The van der Waals surface area contributed by atoms with Gasteiger partial charge in [-0.05, 0) is 30.7 Å². The highest BCUT2D eigenvalue weighted by Gasteiger charge is 2.29. The zero-order valence-corrected chi connectivity index (χ0v) is 21.4. The second kappa shape index (κ2) is 9.57. The third-order valence-electron chi connectivity index (χ3n) is 6.12. The lowest BCUT2D eigenvalue weighted by molar-refractivity contribution is -0.115. The van der Waals surface area contributed by atoms with E-state index >= 15 is 0 Å². The highest BCUT2D eigenvalue weighted by molar-refractivity contribution is 7.88. The zero-order valence-electron chi connectivity index (χ0n) is 19.7. The van der Waals surface area contributed by atoms with Crippen LogP contribution in [0, 0.1) is 0 Å². The first-order valence-corrected chi connectivity index (χ1v) is 13.8. The summed E-state index contributed by atoms with van der Waals surface area (Å²) in [5.41, 5.74) is 1.70. The van der Waals surface area contributed by atoms with Crippen molar-refractivity contribution in [1.82, 2.24) is 18.8 Å². The number of fused-ring (bicyclic) bond motifs is 1. The molecule has 34 heavy (non-hydrogen) atoms. The Morgan fingerprint density at radius 1 is 1.29 bits per heavy atom. The predicted octanol–water partition coefficient (Wildman–Crippen LogP) is 2.48. The molecule has 1 saturated heterocycles. The number of carbonyl (C=O) groups excluding carboxylic acids is 1. The highest BCUT2D eigenvalue weighted by atomic mass is 32.2. The number of nitrogens with one attached hydrogen (secondary N) is 1. The van der Waals surface area contributed by atoms with E-state index in [1.54, 1.807) is 36.1 Å². The lowest BCUT2D eigenvalue weighted by atomic mass is 10.1. The molecule has 0 radical (unpaired) electrons. The van der Waals surface area contributed by atoms with E-state index in [2.05, 4.69) is 15.2 Å². The van der Waals surface area contributed by atoms with E-state index in [4.69, 9.17) is 0 Å². The van der Waals surface area contributed by atoms with Gasteiger partial charge in [-0.15, -0.1) is 11.3 Å². The quantitative estimate of drug-likeness (QED) is 0.554. The van der Waals surface area contributed by atoms with Crippen LogP contribution in [0.25, 0.3) is 21.2 Å². The minimum atomic E-state index is -3.20. The van der Waals surface area contributed by atoms with Crippen LogP contribution in [0.4, 0.5) is 5.82 Å². The second-order valence-electron chi connectivity index (χ2n) is 8.69. The van der Waals surface area contributed by atoms with Crippen molar-refractivity contribution in [2.24, 2.45) is 7.05 Å². The first kappa shape index (κ1) is 24.5. The molecule has 1 aliphatic heterocycles. The number of nitrogens with zero attached hydrogens (tertiary/aromatic N) is 4. The van der Waals surface area contributed by atoms with E-state index in [1.165, 1.54) is 10.6 Å². The van der Waals surface area contributed by atoms with Crippen LogP contribution < -0.4 is 10.9 Å². The Morgan fingerprint density at radius 2 is 2.06 bits per heavy atom. The fourth-order valence-electron chi connectivity index (χ4n) is 4.18. The number of hydrogen-bond donors (Lipinski definition) is 1. The number of pyridine rings is 2. The predicted molar refractivity (Wildman–Crippen MR) is 136 cm³/mol. The molecule has 0 aliphatic carbocycles. The van der Waals surface area contributed by atoms with E-state index in [-0.39, 0.29) is 17.5 Å². The summed E-state index contributed by atoms with van der Waals surface area (Å²) in [6.07, 6.45) is 5.08. The smallest absolute Gasteiger partial charge is 0.259 e. The van der Waals surface area contributed by atoms with Gasteiger partial charge in [-0.2, -0.15) is 4.31 Å². The summed E-state index contributed by atoms with van der Waals surface area (Å²) in [4.78, 5) is 32.2. The molecule has 4 rings (SSSR count). The first-order valence-electron chi connectivity index (χ1n) is 11.1. The van der Waals surface area contributed by atoms with Crippen molar-refractivity contribution in [3.8, 4) is 11.1 Å². The largest absolute Gasteiger partial charge is 0.317 e. The maximum Gasteiger partial charge on any atom is 0.259 e. The van der Waals surface area contributed by atoms with Crippen LogP contribution in [0.15, 0.2) is 35.4 Å². The van der Waals surface area contributed by atoms with Gasteiger partial charge in [0.05, 0.1) is 11.6 Å². The van der Waals surface area contributed by atoms with Gasteiger partial charge in [-0.3, -0.25) is 14.5 Å². The number of hydrogen-bond acceptors (Lipinski definition) is 7. The van der Waals surface area contributed by atoms with Gasteiger partial charge in [-0.25, -0.2) is 13.4 Å². The molecule has 3 aromatic rings. The zero-order chi connectivity index (χ0) is 24.6. The summed E-state index contributed by atoms with van der Waals surface area (Å²) in [7, 11) is -1.47. The molecule has 4 heterocycles. The third kappa shape index (κ3) is 5.07. The molecule has 3 aromatic heterocycles. The standard InChI is InChI=1S/C23H29N5O4S2/c1-5-21(29)25-20-10-16(6-7-24-20)19-14-26(3)23(30)18-11-17(33-22(18)19)13-27-8-9-28(12-15(27)2)34(4,31)32/h6-7,10-11,14-15H,5,8-9,12-13H2,1-4H3,(H,24,25,29). The van der Waals surface area contributed by atoms with Gasteiger partial charge in [0, 0.05) is 73.2 Å². The number of thiophene rings is 1. The van der Waals surface area contributed by atoms with E-state index in [0.717, 1.165) is 20.7 Å². The Morgan fingerprint density at radius 3 is 2.74 bits per heavy atom. The molecule has 0 spiro atoms. The molecule has 1 atom stereocenters. The summed E-state index contributed by atoms with van der Waals surface area (Å²) >= 11 is 1.57. The maximum atomic E-state index is 12.9. The molecule has 1 fully saturated rings. The average molecular weight is 504 g/mol. The molecule has 0 aromatic carbocycles. The van der Waals surface area contributed by atoms with Crippen LogP contribution in [0.1, 0.15) is 25.1 Å². The van der Waals surface area contributed by atoms with E-state index in [0.29, 0.717) is 43.8 Å². The Labute approximate surface area is 203 Å². The van der Waals surface area contributed by atoms with Gasteiger partial charge in [0.1, 0.15) is 5.82 Å². The number of carbonyl (C=O) groups is 1. The topological polar surface area (TPSA) is 105 Å². The third-order valence-corrected chi connectivity index (χ3v) is 8.54. The van der Waals surface area contributed by atoms with Crippen molar-refractivity contribution < 1.29 is 13.2 Å². The molecule has 1 aliphatic rings. The minimum absolute atomic E-state index is 0.0650. The number of aromatic nitrogens is 2. The van der Waals surface area contributed by atoms with Crippen LogP contribution in [0.2, 0.25) is 0 Å². The molecule has 0 bridgehead atoms. The molecule has 1 unspecified atom stereocenters. The normalized spacial score (nSPS) is 17.8. The SMILES string of the molecule is CCC(=O)Nc1cc(-c2cn(C)c(=O)c3cc(CN4CCN(S(C)(=O)=O)CC4C)sc23)ccn1. The fourth-order valence-corrected chi connectivity index (χ4v) is 6.29. The Kier molecular flexibility index (Phi) is 6.90. The number of anilines is 1. The van der Waals surface area contributed by atoms with Crippen LogP contribution in [0.3, 0.4) is 0 Å². The Balaban J connectivity index is 1.66. The van der Waals surface area contributed by atoms with Gasteiger partial charge in [0.2, 0.25) is 15.9 Å². The van der Waals surface area contributed by atoms with Gasteiger partial charge in [-0.1, -0.05) is 6.92 Å². The van der Waals surface area contributed by atoms with E-state index < -0.39 is 10.0 Å². The summed E-state index contributed by atoms with van der Waals surface area (Å²) in [5.74, 6) is 0.361. The van der Waals surface area contributed by atoms with Gasteiger partial charge in [0.15, 0.2) is 0 Å². The minimum Gasteiger partial charge on any atom is -0.317 e. The van der Waals surface area contributed by atoms with Gasteiger partial charge in [0.25, 0.3) is 5.56 Å². The number of rotatable bonds is 6.